The van der Waals surface area contributed by atoms with Crippen molar-refractivity contribution < 1.29 is 9.59 Å². The van der Waals surface area contributed by atoms with Gasteiger partial charge in [0.25, 0.3) is 5.91 Å². The summed E-state index contributed by atoms with van der Waals surface area (Å²) in [6.45, 7) is 3.29. The molecule has 0 bridgehead atoms. The number of nitrogens with one attached hydrogen (secondary N) is 1. The fourth-order valence-corrected chi connectivity index (χ4v) is 4.38. The molecular formula is C24H26N6O2. The lowest BCUT2D eigenvalue weighted by Crippen LogP contribution is -2.32. The largest absolute Gasteiger partial charge is 0.366 e. The molecule has 32 heavy (non-hydrogen) atoms. The van der Waals surface area contributed by atoms with Gasteiger partial charge in [-0.3, -0.25) is 14.3 Å². The minimum Gasteiger partial charge on any atom is -0.366 e. The van der Waals surface area contributed by atoms with Crippen molar-refractivity contribution in [2.75, 3.05) is 16.8 Å². The summed E-state index contributed by atoms with van der Waals surface area (Å²) >= 11 is 0. The molecule has 3 heterocycles. The quantitative estimate of drug-likeness (QED) is 0.646. The molecule has 1 fully saturated rings. The zero-order valence-corrected chi connectivity index (χ0v) is 18.0. The number of pyridine rings is 1. The molecule has 0 spiro atoms. The van der Waals surface area contributed by atoms with E-state index in [1.54, 1.807) is 18.3 Å². The Bertz CT molecular complexity index is 1180. The molecule has 0 radical (unpaired) electrons. The Balaban J connectivity index is 1.27. The summed E-state index contributed by atoms with van der Waals surface area (Å²) in [7, 11) is 0. The lowest BCUT2D eigenvalue weighted by Gasteiger charge is -2.30. The molecule has 1 saturated carbocycles. The summed E-state index contributed by atoms with van der Waals surface area (Å²) in [6, 6.07) is 9.76. The number of carbonyl (C=O) groups excluding carboxylic acids is 2. The Morgan fingerprint density at radius 1 is 1.19 bits per heavy atom. The summed E-state index contributed by atoms with van der Waals surface area (Å²) in [5.41, 5.74) is 10.3. The van der Waals surface area contributed by atoms with Crippen molar-refractivity contribution in [2.24, 2.45) is 5.73 Å². The number of aromatic nitrogens is 3. The van der Waals surface area contributed by atoms with Gasteiger partial charge in [0.1, 0.15) is 5.82 Å². The molecule has 1 aliphatic heterocycles. The number of benzene rings is 1. The predicted octanol–water partition coefficient (Wildman–Crippen LogP) is 3.23. The number of carbonyl (C=O) groups is 2. The van der Waals surface area contributed by atoms with Gasteiger partial charge in [-0.1, -0.05) is 12.1 Å². The van der Waals surface area contributed by atoms with Crippen molar-refractivity contribution in [3.05, 3.63) is 70.7 Å². The molecule has 3 aromatic rings. The molecule has 2 aromatic heterocycles. The average molecular weight is 431 g/mol. The van der Waals surface area contributed by atoms with Crippen molar-refractivity contribution >= 4 is 23.3 Å². The number of hydrogen-bond donors (Lipinski definition) is 2. The standard InChI is InChI=1S/C24H26N6O2/c1-15-21(14-30(28-15)18-5-3-6-18)27-24(32)16-8-9-22(26-12-16)29-11-10-19-17(13-29)4-2-7-20(19)23(25)31/h2,4,7-9,12,14,18H,3,5-6,10-11,13H2,1H3,(H2,25,31)(H,27,32). The van der Waals surface area contributed by atoms with Crippen LogP contribution in [0.25, 0.3) is 0 Å². The van der Waals surface area contributed by atoms with Crippen LogP contribution in [0.5, 0.6) is 0 Å². The van der Waals surface area contributed by atoms with Crippen LogP contribution >= 0.6 is 0 Å². The van der Waals surface area contributed by atoms with E-state index >= 15 is 0 Å². The second kappa shape index (κ2) is 8.11. The summed E-state index contributed by atoms with van der Waals surface area (Å²) in [4.78, 5) is 31.1. The molecule has 0 saturated heterocycles. The van der Waals surface area contributed by atoms with Gasteiger partial charge in [-0.25, -0.2) is 4.98 Å². The van der Waals surface area contributed by atoms with Gasteiger partial charge >= 0.3 is 0 Å². The van der Waals surface area contributed by atoms with Crippen molar-refractivity contribution in [1.82, 2.24) is 14.8 Å². The van der Waals surface area contributed by atoms with E-state index in [9.17, 15) is 9.59 Å². The molecule has 8 nitrogen and oxygen atoms in total. The SMILES string of the molecule is Cc1nn(C2CCC2)cc1NC(=O)c1ccc(N2CCc3c(cccc3C(N)=O)C2)nc1. The summed E-state index contributed by atoms with van der Waals surface area (Å²) < 4.78 is 1.97. The lowest BCUT2D eigenvalue weighted by atomic mass is 9.93. The van der Waals surface area contributed by atoms with Crippen LogP contribution in [0.3, 0.4) is 0 Å². The smallest absolute Gasteiger partial charge is 0.257 e. The number of rotatable bonds is 5. The molecule has 5 rings (SSSR count). The van der Waals surface area contributed by atoms with E-state index in [4.69, 9.17) is 5.73 Å². The van der Waals surface area contributed by atoms with Gasteiger partial charge in [0.05, 0.1) is 23.0 Å². The number of primary amides is 1. The highest BCUT2D eigenvalue weighted by molar-refractivity contribution is 6.04. The molecule has 0 atom stereocenters. The maximum Gasteiger partial charge on any atom is 0.257 e. The van der Waals surface area contributed by atoms with E-state index in [-0.39, 0.29) is 5.91 Å². The Labute approximate surface area is 186 Å². The van der Waals surface area contributed by atoms with E-state index < -0.39 is 5.91 Å². The van der Waals surface area contributed by atoms with Crippen LogP contribution in [-0.4, -0.2) is 33.1 Å². The Morgan fingerprint density at radius 3 is 2.72 bits per heavy atom. The fourth-order valence-electron chi connectivity index (χ4n) is 4.38. The third kappa shape index (κ3) is 3.72. The van der Waals surface area contributed by atoms with Crippen LogP contribution in [0.1, 0.15) is 62.8 Å². The number of anilines is 2. The van der Waals surface area contributed by atoms with E-state index in [0.717, 1.165) is 54.1 Å². The molecule has 2 aliphatic rings. The van der Waals surface area contributed by atoms with Crippen molar-refractivity contribution in [3.8, 4) is 0 Å². The highest BCUT2D eigenvalue weighted by atomic mass is 16.2. The first-order valence-corrected chi connectivity index (χ1v) is 11.0. The maximum atomic E-state index is 12.7. The highest BCUT2D eigenvalue weighted by Crippen LogP contribution is 2.32. The predicted molar refractivity (Wildman–Crippen MR) is 122 cm³/mol. The topological polar surface area (TPSA) is 106 Å². The van der Waals surface area contributed by atoms with Crippen LogP contribution in [0.2, 0.25) is 0 Å². The first-order chi connectivity index (χ1) is 15.5. The molecule has 8 heteroatoms. The van der Waals surface area contributed by atoms with Gasteiger partial charge < -0.3 is 16.0 Å². The maximum absolute atomic E-state index is 12.7. The Hall–Kier alpha value is -3.68. The second-order valence-corrected chi connectivity index (χ2v) is 8.53. The molecule has 0 unspecified atom stereocenters. The molecule has 164 valence electrons. The summed E-state index contributed by atoms with van der Waals surface area (Å²) in [5, 5.41) is 7.50. The Kier molecular flexibility index (Phi) is 5.13. The van der Waals surface area contributed by atoms with E-state index in [2.05, 4.69) is 20.3 Å². The van der Waals surface area contributed by atoms with E-state index in [1.807, 2.05) is 36.0 Å². The van der Waals surface area contributed by atoms with Crippen LogP contribution < -0.4 is 16.0 Å². The molecule has 1 aliphatic carbocycles. The third-order valence-electron chi connectivity index (χ3n) is 6.48. The number of hydrogen-bond acceptors (Lipinski definition) is 5. The number of fused-ring (bicyclic) bond motifs is 1. The van der Waals surface area contributed by atoms with Crippen LogP contribution in [-0.2, 0) is 13.0 Å². The lowest BCUT2D eigenvalue weighted by molar-refractivity contribution is 0.0996. The zero-order valence-electron chi connectivity index (χ0n) is 18.0. The van der Waals surface area contributed by atoms with Crippen LogP contribution in [0.4, 0.5) is 11.5 Å². The van der Waals surface area contributed by atoms with Crippen LogP contribution in [0.15, 0.2) is 42.7 Å². The molecule has 3 N–H and O–H groups in total. The van der Waals surface area contributed by atoms with E-state index in [1.165, 1.54) is 6.42 Å². The zero-order chi connectivity index (χ0) is 22.2. The summed E-state index contributed by atoms with van der Waals surface area (Å²) in [6.07, 6.45) is 7.77. The summed E-state index contributed by atoms with van der Waals surface area (Å²) in [5.74, 6) is 0.207. The number of aryl methyl sites for hydroxylation is 1. The highest BCUT2D eigenvalue weighted by Gasteiger charge is 2.23. The minimum atomic E-state index is -0.391. The number of amides is 2. The van der Waals surface area contributed by atoms with Gasteiger partial charge in [-0.15, -0.1) is 0 Å². The minimum absolute atomic E-state index is 0.199. The van der Waals surface area contributed by atoms with Crippen LogP contribution in [0, 0.1) is 6.92 Å². The fraction of sp³-hybridized carbons (Fsp3) is 0.333. The van der Waals surface area contributed by atoms with Gasteiger partial charge in [0, 0.05) is 31.0 Å². The number of nitrogens with zero attached hydrogens (tertiary/aromatic N) is 4. The van der Waals surface area contributed by atoms with Gasteiger partial charge in [-0.2, -0.15) is 5.10 Å². The third-order valence-corrected chi connectivity index (χ3v) is 6.48. The van der Waals surface area contributed by atoms with Gasteiger partial charge in [-0.05, 0) is 61.9 Å². The monoisotopic (exact) mass is 430 g/mol. The average Bonchev–Trinajstić information content (AvgIpc) is 3.10. The van der Waals surface area contributed by atoms with Crippen molar-refractivity contribution in [2.45, 2.75) is 45.2 Å². The first-order valence-electron chi connectivity index (χ1n) is 11.0. The van der Waals surface area contributed by atoms with E-state index in [0.29, 0.717) is 23.7 Å². The first kappa shape index (κ1) is 20.2. The van der Waals surface area contributed by atoms with Gasteiger partial charge in [0.15, 0.2) is 0 Å². The normalized spacial score (nSPS) is 15.7. The molecule has 1 aromatic carbocycles. The van der Waals surface area contributed by atoms with Crippen molar-refractivity contribution in [3.63, 3.8) is 0 Å². The van der Waals surface area contributed by atoms with Crippen molar-refractivity contribution in [1.29, 1.82) is 0 Å². The Morgan fingerprint density at radius 2 is 2.03 bits per heavy atom. The number of nitrogens with two attached hydrogens (primary N) is 1. The van der Waals surface area contributed by atoms with Gasteiger partial charge in [0.2, 0.25) is 5.91 Å². The molecule has 2 amide bonds. The second-order valence-electron chi connectivity index (χ2n) is 8.53. The molecular weight excluding hydrogens is 404 g/mol.